The number of hydrogen-bond acceptors (Lipinski definition) is 3. The molecule has 2 heterocycles. The number of nitrogens with one attached hydrogen (secondary N) is 3. The van der Waals surface area contributed by atoms with E-state index in [1.54, 1.807) is 18.3 Å². The Balaban J connectivity index is 2.50. The first-order chi connectivity index (χ1) is 4.88. The van der Waals surface area contributed by atoms with Gasteiger partial charge in [-0.15, -0.1) is 5.53 Å². The van der Waals surface area contributed by atoms with Crippen LogP contribution in [-0.2, 0) is 0 Å². The van der Waals surface area contributed by atoms with Gasteiger partial charge in [0.25, 0.3) is 0 Å². The molecule has 3 N–H and O–H groups in total. The molecule has 1 aromatic rings. The molecule has 1 aromatic heterocycles. The summed E-state index contributed by atoms with van der Waals surface area (Å²) in [5.41, 5.74) is 7.65. The van der Waals surface area contributed by atoms with E-state index in [4.69, 9.17) is 0 Å². The minimum absolute atomic E-state index is 0.182. The molecule has 10 heavy (non-hydrogen) atoms. The molecular weight excluding hydrogens is 132 g/mol. The molecule has 0 atom stereocenters. The maximum Gasteiger partial charge on any atom is 0.342 e. The van der Waals surface area contributed by atoms with Gasteiger partial charge in [-0.25, -0.2) is 4.79 Å². The number of fused-ring (bicyclic) bond motifs is 1. The largest absolute Gasteiger partial charge is 0.342 e. The first kappa shape index (κ1) is 5.31. The lowest BCUT2D eigenvalue weighted by Gasteiger charge is -2.17. The molecule has 0 saturated heterocycles. The first-order valence-corrected chi connectivity index (χ1v) is 2.86. The summed E-state index contributed by atoms with van der Waals surface area (Å²) in [5, 5.41) is 0. The Hall–Kier alpha value is -1.49. The second kappa shape index (κ2) is 1.74. The van der Waals surface area contributed by atoms with Gasteiger partial charge in [-0.05, 0) is 12.1 Å². The molecule has 0 fully saturated rings. The van der Waals surface area contributed by atoms with Gasteiger partial charge >= 0.3 is 6.03 Å². The number of nitrogens with zero attached hydrogens (tertiary/aromatic N) is 1. The van der Waals surface area contributed by atoms with E-state index in [2.05, 4.69) is 16.4 Å². The molecule has 1 aliphatic rings. The maximum absolute atomic E-state index is 10.9. The topological polar surface area (TPSA) is 58.1 Å². The van der Waals surface area contributed by atoms with Crippen molar-refractivity contribution < 1.29 is 4.79 Å². The zero-order chi connectivity index (χ0) is 6.97. The molecule has 0 aromatic carbocycles. The van der Waals surface area contributed by atoms with Gasteiger partial charge in [0.1, 0.15) is 5.82 Å². The Morgan fingerprint density at radius 2 is 2.30 bits per heavy atom. The minimum atomic E-state index is -0.182. The molecule has 0 spiro atoms. The standard InChI is InChI=1S/C5H6N4O/c10-5-7-8-6-4-2-1-3-9(4)5/h1-3,6,8H,(H,7,10). The van der Waals surface area contributed by atoms with Gasteiger partial charge in [0.15, 0.2) is 0 Å². The molecule has 0 bridgehead atoms. The molecule has 0 radical (unpaired) electrons. The molecule has 0 aliphatic carbocycles. The van der Waals surface area contributed by atoms with Crippen LogP contribution in [0.15, 0.2) is 18.3 Å². The summed E-state index contributed by atoms with van der Waals surface area (Å²) < 4.78 is 1.47. The molecule has 5 heteroatoms. The second-order valence-electron chi connectivity index (χ2n) is 1.94. The van der Waals surface area contributed by atoms with Gasteiger partial charge in [-0.1, -0.05) is 0 Å². The van der Waals surface area contributed by atoms with Crippen molar-refractivity contribution in [2.24, 2.45) is 0 Å². The van der Waals surface area contributed by atoms with E-state index in [1.807, 2.05) is 0 Å². The number of rotatable bonds is 0. The van der Waals surface area contributed by atoms with Crippen LogP contribution in [0.5, 0.6) is 0 Å². The lowest BCUT2D eigenvalue weighted by molar-refractivity contribution is 0.237. The molecule has 2 rings (SSSR count). The lowest BCUT2D eigenvalue weighted by Crippen LogP contribution is -2.48. The SMILES string of the molecule is O=C1NNNc2cccn21. The van der Waals surface area contributed by atoms with Crippen molar-refractivity contribution in [1.29, 1.82) is 0 Å². The number of amides is 1. The van der Waals surface area contributed by atoms with Crippen LogP contribution in [0.25, 0.3) is 0 Å². The molecule has 1 aliphatic heterocycles. The van der Waals surface area contributed by atoms with Crippen molar-refractivity contribution in [2.75, 3.05) is 5.43 Å². The quantitative estimate of drug-likeness (QED) is 0.469. The first-order valence-electron chi connectivity index (χ1n) is 2.86. The Morgan fingerprint density at radius 1 is 1.40 bits per heavy atom. The highest BCUT2D eigenvalue weighted by Gasteiger charge is 2.11. The monoisotopic (exact) mass is 138 g/mol. The maximum atomic E-state index is 10.9. The van der Waals surface area contributed by atoms with E-state index < -0.39 is 0 Å². The zero-order valence-corrected chi connectivity index (χ0v) is 5.09. The number of carbonyl (C=O) groups excluding carboxylic acids is 1. The van der Waals surface area contributed by atoms with Gasteiger partial charge in [0, 0.05) is 6.20 Å². The third-order valence-corrected chi connectivity index (χ3v) is 1.33. The van der Waals surface area contributed by atoms with E-state index >= 15 is 0 Å². The predicted molar refractivity (Wildman–Crippen MR) is 35.1 cm³/mol. The van der Waals surface area contributed by atoms with Crippen LogP contribution in [0.4, 0.5) is 10.6 Å². The normalized spacial score (nSPS) is 15.4. The van der Waals surface area contributed by atoms with E-state index in [0.717, 1.165) is 5.82 Å². The second-order valence-corrected chi connectivity index (χ2v) is 1.94. The molecule has 0 saturated carbocycles. The summed E-state index contributed by atoms with van der Waals surface area (Å²) in [7, 11) is 0. The van der Waals surface area contributed by atoms with Crippen molar-refractivity contribution in [2.45, 2.75) is 0 Å². The fraction of sp³-hybridized carbons (Fsp3) is 0. The molecule has 0 unspecified atom stereocenters. The summed E-state index contributed by atoms with van der Waals surface area (Å²) in [5.74, 6) is 0.740. The summed E-state index contributed by atoms with van der Waals surface area (Å²) >= 11 is 0. The van der Waals surface area contributed by atoms with Crippen LogP contribution >= 0.6 is 0 Å². The van der Waals surface area contributed by atoms with Gasteiger partial charge in [-0.2, -0.15) is 0 Å². The van der Waals surface area contributed by atoms with Crippen molar-refractivity contribution in [3.63, 3.8) is 0 Å². The van der Waals surface area contributed by atoms with E-state index in [-0.39, 0.29) is 6.03 Å². The highest BCUT2D eigenvalue weighted by molar-refractivity contribution is 5.81. The minimum Gasteiger partial charge on any atom is -0.289 e. The average Bonchev–Trinajstić information content (AvgIpc) is 2.36. The summed E-state index contributed by atoms with van der Waals surface area (Å²) in [6.07, 6.45) is 1.68. The van der Waals surface area contributed by atoms with Crippen LogP contribution in [-0.4, -0.2) is 10.6 Å². The van der Waals surface area contributed by atoms with E-state index in [0.29, 0.717) is 0 Å². The number of hydrazine groups is 2. The third-order valence-electron chi connectivity index (χ3n) is 1.33. The van der Waals surface area contributed by atoms with Gasteiger partial charge in [0.2, 0.25) is 0 Å². The number of carbonyl (C=O) groups is 1. The Bertz CT molecular complexity index is 266. The molecule has 52 valence electrons. The summed E-state index contributed by atoms with van der Waals surface area (Å²) in [6.45, 7) is 0. The average molecular weight is 138 g/mol. The Morgan fingerprint density at radius 3 is 3.10 bits per heavy atom. The highest BCUT2D eigenvalue weighted by atomic mass is 16.2. The van der Waals surface area contributed by atoms with Gasteiger partial charge in [0.05, 0.1) is 0 Å². The zero-order valence-electron chi connectivity index (χ0n) is 5.09. The highest BCUT2D eigenvalue weighted by Crippen LogP contribution is 2.07. The number of hydrogen-bond donors (Lipinski definition) is 3. The van der Waals surface area contributed by atoms with Crippen LogP contribution in [0, 0.1) is 0 Å². The van der Waals surface area contributed by atoms with E-state index in [1.165, 1.54) is 4.57 Å². The third kappa shape index (κ3) is 0.577. The lowest BCUT2D eigenvalue weighted by atomic mass is 10.6. The van der Waals surface area contributed by atoms with Crippen molar-refractivity contribution in [1.82, 2.24) is 15.5 Å². The smallest absolute Gasteiger partial charge is 0.289 e. The Labute approximate surface area is 57.0 Å². The summed E-state index contributed by atoms with van der Waals surface area (Å²) in [6, 6.07) is 3.40. The van der Waals surface area contributed by atoms with E-state index in [9.17, 15) is 4.79 Å². The number of aromatic nitrogens is 1. The van der Waals surface area contributed by atoms with Crippen LogP contribution < -0.4 is 16.4 Å². The van der Waals surface area contributed by atoms with Crippen molar-refractivity contribution in [3.05, 3.63) is 18.3 Å². The van der Waals surface area contributed by atoms with Crippen LogP contribution in [0.3, 0.4) is 0 Å². The Kier molecular flexibility index (Phi) is 0.925. The van der Waals surface area contributed by atoms with Crippen molar-refractivity contribution in [3.8, 4) is 0 Å². The molecular formula is C5H6N4O. The summed E-state index contributed by atoms with van der Waals surface area (Å²) in [4.78, 5) is 10.9. The fourth-order valence-electron chi connectivity index (χ4n) is 0.869. The number of anilines is 1. The van der Waals surface area contributed by atoms with Crippen LogP contribution in [0.2, 0.25) is 0 Å². The fourth-order valence-corrected chi connectivity index (χ4v) is 0.869. The molecule has 5 nitrogen and oxygen atoms in total. The van der Waals surface area contributed by atoms with Gasteiger partial charge < -0.3 is 0 Å². The predicted octanol–water partition coefficient (Wildman–Crippen LogP) is -0.109. The van der Waals surface area contributed by atoms with Gasteiger partial charge in [-0.3, -0.25) is 15.4 Å². The van der Waals surface area contributed by atoms with Crippen LogP contribution in [0.1, 0.15) is 0 Å². The van der Waals surface area contributed by atoms with Crippen molar-refractivity contribution >= 4 is 11.8 Å². The molecule has 1 amide bonds.